The number of hydrogen-bond acceptors (Lipinski definition) is 7. The molecule has 0 aliphatic heterocycles. The smallest absolute Gasteiger partial charge is 0.254 e. The van der Waals surface area contributed by atoms with Gasteiger partial charge >= 0.3 is 0 Å². The van der Waals surface area contributed by atoms with Crippen LogP contribution >= 0.6 is 0 Å². The van der Waals surface area contributed by atoms with E-state index < -0.39 is 0 Å². The van der Waals surface area contributed by atoms with Crippen LogP contribution in [0.1, 0.15) is 23.7 Å². The number of ether oxygens (including phenoxy) is 3. The minimum Gasteiger partial charge on any atom is -0.493 e. The molecule has 2 N–H and O–H groups in total. The molecule has 0 bridgehead atoms. The van der Waals surface area contributed by atoms with Crippen LogP contribution in [-0.4, -0.2) is 43.7 Å². The number of methoxy groups -OCH3 is 3. The van der Waals surface area contributed by atoms with Crippen molar-refractivity contribution in [3.05, 3.63) is 30.1 Å². The summed E-state index contributed by atoms with van der Waals surface area (Å²) < 4.78 is 15.9. The highest BCUT2D eigenvalue weighted by Crippen LogP contribution is 2.40. The van der Waals surface area contributed by atoms with E-state index in [9.17, 15) is 4.79 Å². The number of nitrogens with zero attached hydrogens (tertiary/aromatic N) is 2. The van der Waals surface area contributed by atoms with Gasteiger partial charge in [-0.1, -0.05) is 6.92 Å². The van der Waals surface area contributed by atoms with Crippen LogP contribution < -0.4 is 24.8 Å². The van der Waals surface area contributed by atoms with E-state index in [2.05, 4.69) is 20.6 Å². The van der Waals surface area contributed by atoms with Crippen molar-refractivity contribution < 1.29 is 19.0 Å². The summed E-state index contributed by atoms with van der Waals surface area (Å²) in [4.78, 5) is 20.2. The molecule has 0 fully saturated rings. The van der Waals surface area contributed by atoms with Gasteiger partial charge in [0.1, 0.15) is 0 Å². The monoisotopic (exact) mass is 346 g/mol. The van der Waals surface area contributed by atoms with Gasteiger partial charge < -0.3 is 24.8 Å². The van der Waals surface area contributed by atoms with Gasteiger partial charge in [-0.05, 0) is 6.42 Å². The van der Waals surface area contributed by atoms with Crippen molar-refractivity contribution in [1.82, 2.24) is 15.3 Å². The lowest BCUT2D eigenvalue weighted by atomic mass is 10.2. The van der Waals surface area contributed by atoms with E-state index in [1.54, 1.807) is 33.5 Å². The second kappa shape index (κ2) is 8.72. The molecule has 0 aliphatic carbocycles. The molecule has 0 spiro atoms. The molecule has 0 atom stereocenters. The zero-order valence-electron chi connectivity index (χ0n) is 14.8. The number of hydrogen-bond donors (Lipinski definition) is 2. The van der Waals surface area contributed by atoms with Crippen LogP contribution in [0.2, 0.25) is 0 Å². The van der Waals surface area contributed by atoms with Gasteiger partial charge in [-0.2, -0.15) is 0 Å². The summed E-state index contributed by atoms with van der Waals surface area (Å²) in [7, 11) is 4.63. The van der Waals surface area contributed by atoms with Crippen molar-refractivity contribution in [1.29, 1.82) is 0 Å². The number of rotatable bonds is 8. The van der Waals surface area contributed by atoms with Crippen LogP contribution in [0.3, 0.4) is 0 Å². The largest absolute Gasteiger partial charge is 0.493 e. The van der Waals surface area contributed by atoms with Crippen molar-refractivity contribution in [3.8, 4) is 17.2 Å². The fourth-order valence-corrected chi connectivity index (χ4v) is 2.13. The SMILES string of the molecule is CCCNC(=O)c1cnc(Nc2cc(OC)c(OC)c(OC)c2)nc1. The Bertz CT molecular complexity index is 694. The van der Waals surface area contributed by atoms with Crippen LogP contribution in [0, 0.1) is 0 Å². The molecule has 2 rings (SSSR count). The number of nitrogens with one attached hydrogen (secondary N) is 2. The molecule has 1 heterocycles. The molecule has 1 aromatic heterocycles. The molecule has 0 aliphatic rings. The Morgan fingerprint density at radius 1 is 1.04 bits per heavy atom. The fourth-order valence-electron chi connectivity index (χ4n) is 2.13. The highest BCUT2D eigenvalue weighted by Gasteiger charge is 2.14. The number of carbonyl (C=O) groups is 1. The highest BCUT2D eigenvalue weighted by atomic mass is 16.5. The molecule has 1 amide bonds. The lowest BCUT2D eigenvalue weighted by molar-refractivity contribution is 0.0953. The Morgan fingerprint density at radius 2 is 1.64 bits per heavy atom. The molecule has 0 saturated heterocycles. The van der Waals surface area contributed by atoms with Crippen LogP contribution in [0.5, 0.6) is 17.2 Å². The topological polar surface area (TPSA) is 94.6 Å². The number of benzene rings is 1. The molecule has 0 unspecified atom stereocenters. The number of carbonyl (C=O) groups excluding carboxylic acids is 1. The van der Waals surface area contributed by atoms with Gasteiger partial charge in [0, 0.05) is 36.8 Å². The highest BCUT2D eigenvalue weighted by molar-refractivity contribution is 5.93. The van der Waals surface area contributed by atoms with Gasteiger partial charge in [0.2, 0.25) is 11.7 Å². The molecule has 1 aromatic carbocycles. The molecular weight excluding hydrogens is 324 g/mol. The summed E-state index contributed by atoms with van der Waals surface area (Å²) in [6.45, 7) is 2.60. The van der Waals surface area contributed by atoms with Crippen molar-refractivity contribution in [2.75, 3.05) is 33.2 Å². The van der Waals surface area contributed by atoms with Gasteiger partial charge in [0.15, 0.2) is 11.5 Å². The Hall–Kier alpha value is -3.03. The first-order chi connectivity index (χ1) is 12.1. The van der Waals surface area contributed by atoms with Crippen molar-refractivity contribution in [3.63, 3.8) is 0 Å². The third-order valence-electron chi connectivity index (χ3n) is 3.37. The average Bonchev–Trinajstić information content (AvgIpc) is 2.65. The van der Waals surface area contributed by atoms with E-state index in [0.717, 1.165) is 6.42 Å². The molecule has 134 valence electrons. The van der Waals surface area contributed by atoms with Gasteiger partial charge in [-0.25, -0.2) is 9.97 Å². The number of anilines is 2. The molecule has 2 aromatic rings. The third-order valence-corrected chi connectivity index (χ3v) is 3.37. The van der Waals surface area contributed by atoms with Gasteiger partial charge in [0.25, 0.3) is 5.91 Å². The summed E-state index contributed by atoms with van der Waals surface area (Å²) in [6, 6.07) is 3.49. The second-order valence-corrected chi connectivity index (χ2v) is 5.09. The summed E-state index contributed by atoms with van der Waals surface area (Å²) in [6.07, 6.45) is 3.81. The summed E-state index contributed by atoms with van der Waals surface area (Å²) in [5.74, 6) is 1.68. The van der Waals surface area contributed by atoms with Gasteiger partial charge in [0.05, 0.1) is 26.9 Å². The lowest BCUT2D eigenvalue weighted by Crippen LogP contribution is -2.24. The Labute approximate surface area is 146 Å². The predicted octanol–water partition coefficient (Wildman–Crippen LogP) is 2.39. The first-order valence-electron chi connectivity index (χ1n) is 7.80. The van der Waals surface area contributed by atoms with Gasteiger partial charge in [-0.3, -0.25) is 4.79 Å². The quantitative estimate of drug-likeness (QED) is 0.758. The van der Waals surface area contributed by atoms with E-state index in [4.69, 9.17) is 14.2 Å². The van der Waals surface area contributed by atoms with E-state index in [1.807, 2.05) is 6.92 Å². The minimum atomic E-state index is -0.193. The number of amides is 1. The van der Waals surface area contributed by atoms with Crippen LogP contribution in [0.15, 0.2) is 24.5 Å². The number of aromatic nitrogens is 2. The maximum Gasteiger partial charge on any atom is 0.254 e. The minimum absolute atomic E-state index is 0.193. The molecule has 8 heteroatoms. The maximum absolute atomic E-state index is 11.9. The third kappa shape index (κ3) is 4.50. The summed E-state index contributed by atoms with van der Waals surface area (Å²) in [5, 5.41) is 5.82. The lowest BCUT2D eigenvalue weighted by Gasteiger charge is -2.14. The van der Waals surface area contributed by atoms with Crippen molar-refractivity contribution >= 4 is 17.5 Å². The van der Waals surface area contributed by atoms with Gasteiger partial charge in [-0.15, -0.1) is 0 Å². The zero-order chi connectivity index (χ0) is 18.2. The first-order valence-corrected chi connectivity index (χ1v) is 7.80. The van der Waals surface area contributed by atoms with Crippen molar-refractivity contribution in [2.24, 2.45) is 0 Å². The summed E-state index contributed by atoms with van der Waals surface area (Å²) >= 11 is 0. The Balaban J connectivity index is 2.18. The molecule has 0 saturated carbocycles. The van der Waals surface area contributed by atoms with E-state index in [0.29, 0.717) is 41.0 Å². The molecule has 8 nitrogen and oxygen atoms in total. The first kappa shape index (κ1) is 18.3. The normalized spacial score (nSPS) is 10.1. The Morgan fingerprint density at radius 3 is 2.12 bits per heavy atom. The van der Waals surface area contributed by atoms with Crippen LogP contribution in [-0.2, 0) is 0 Å². The van der Waals surface area contributed by atoms with Crippen molar-refractivity contribution in [2.45, 2.75) is 13.3 Å². The van der Waals surface area contributed by atoms with E-state index in [-0.39, 0.29) is 5.91 Å². The average molecular weight is 346 g/mol. The second-order valence-electron chi connectivity index (χ2n) is 5.09. The van der Waals surface area contributed by atoms with E-state index in [1.165, 1.54) is 12.4 Å². The fraction of sp³-hybridized carbons (Fsp3) is 0.353. The predicted molar refractivity (Wildman–Crippen MR) is 94.0 cm³/mol. The van der Waals surface area contributed by atoms with E-state index >= 15 is 0 Å². The molecular formula is C17H22N4O4. The summed E-state index contributed by atoms with van der Waals surface area (Å²) in [5.41, 5.74) is 1.07. The standard InChI is InChI=1S/C17H22N4O4/c1-5-6-18-16(22)11-9-19-17(20-10-11)21-12-7-13(23-2)15(25-4)14(8-12)24-3/h7-10H,5-6H2,1-4H3,(H,18,22)(H,19,20,21). The maximum atomic E-state index is 11.9. The van der Waals surface area contributed by atoms with Crippen LogP contribution in [0.4, 0.5) is 11.6 Å². The molecule has 0 radical (unpaired) electrons. The zero-order valence-corrected chi connectivity index (χ0v) is 14.8. The van der Waals surface area contributed by atoms with Crippen LogP contribution in [0.25, 0.3) is 0 Å². The Kier molecular flexibility index (Phi) is 6.39. The molecule has 25 heavy (non-hydrogen) atoms.